The van der Waals surface area contributed by atoms with E-state index in [1.54, 1.807) is 24.3 Å². The number of amides is 2. The van der Waals surface area contributed by atoms with E-state index in [1.807, 2.05) is 0 Å². The van der Waals surface area contributed by atoms with E-state index in [1.165, 1.54) is 7.11 Å². The highest BCUT2D eigenvalue weighted by atomic mass is 16.6. The molecule has 1 fully saturated rings. The van der Waals surface area contributed by atoms with Crippen LogP contribution >= 0.6 is 0 Å². The number of rotatable bonds is 5. The van der Waals surface area contributed by atoms with Crippen molar-refractivity contribution < 1.29 is 39.8 Å². The van der Waals surface area contributed by atoms with Gasteiger partial charge in [-0.3, -0.25) is 0 Å². The van der Waals surface area contributed by atoms with Crippen molar-refractivity contribution in [2.24, 2.45) is 0 Å². The Labute approximate surface area is 143 Å². The molecule has 140 valence electrons. The number of carbonyl (C=O) groups excluding carboxylic acids is 1. The Morgan fingerprint density at radius 3 is 2.68 bits per heavy atom. The number of aliphatic hydroxyl groups is 5. The van der Waals surface area contributed by atoms with E-state index in [2.05, 4.69) is 10.6 Å². The lowest BCUT2D eigenvalue weighted by Gasteiger charge is -2.42. The summed E-state index contributed by atoms with van der Waals surface area (Å²) in [4.78, 5) is 12.0. The maximum absolute atomic E-state index is 12.0. The standard InChI is InChI=1S/C15H22N2O8/c1-24-8-4-2-3-7(5-8)16-15(23)17-10-11(20)12(21)13(9(19)6-18)25-14(10)22/h2-5,9-14,18-22H,6H2,1H3,(H2,16,17,23)/t9-,10+,11+,12-,13+,14-/m1/s1. The molecule has 2 rings (SSSR count). The molecule has 10 nitrogen and oxygen atoms in total. The van der Waals surface area contributed by atoms with E-state index >= 15 is 0 Å². The Hall–Kier alpha value is -1.95. The number of urea groups is 1. The normalized spacial score (nSPS) is 30.4. The second kappa shape index (κ2) is 8.43. The minimum Gasteiger partial charge on any atom is -0.497 e. The summed E-state index contributed by atoms with van der Waals surface area (Å²) in [6.45, 7) is -0.727. The van der Waals surface area contributed by atoms with Crippen molar-refractivity contribution in [2.45, 2.75) is 36.7 Å². The molecule has 0 bridgehead atoms. The first-order valence-corrected chi connectivity index (χ1v) is 7.57. The molecule has 0 aliphatic carbocycles. The molecule has 0 saturated carbocycles. The van der Waals surface area contributed by atoms with Crippen LogP contribution in [0, 0.1) is 0 Å². The highest BCUT2D eigenvalue weighted by molar-refractivity contribution is 5.89. The number of aliphatic hydroxyl groups excluding tert-OH is 5. The molecule has 7 N–H and O–H groups in total. The summed E-state index contributed by atoms with van der Waals surface area (Å²) >= 11 is 0. The Morgan fingerprint density at radius 1 is 1.32 bits per heavy atom. The average Bonchev–Trinajstić information content (AvgIpc) is 2.61. The van der Waals surface area contributed by atoms with Gasteiger partial charge in [0.25, 0.3) is 0 Å². The molecule has 0 unspecified atom stereocenters. The second-order valence-electron chi connectivity index (χ2n) is 5.58. The molecule has 1 heterocycles. The molecule has 0 radical (unpaired) electrons. The molecule has 1 aliphatic rings. The minimum atomic E-state index is -1.69. The molecule has 25 heavy (non-hydrogen) atoms. The van der Waals surface area contributed by atoms with Crippen molar-refractivity contribution in [3.05, 3.63) is 24.3 Å². The zero-order chi connectivity index (χ0) is 18.6. The zero-order valence-electron chi connectivity index (χ0n) is 13.4. The summed E-state index contributed by atoms with van der Waals surface area (Å²) in [5.74, 6) is 0.523. The van der Waals surface area contributed by atoms with Gasteiger partial charge < -0.3 is 45.6 Å². The first-order chi connectivity index (χ1) is 11.9. The Kier molecular flexibility index (Phi) is 6.53. The van der Waals surface area contributed by atoms with Crippen LogP contribution in [0.5, 0.6) is 5.75 Å². The molecule has 1 aromatic carbocycles. The lowest BCUT2D eigenvalue weighted by Crippen LogP contribution is -2.66. The van der Waals surface area contributed by atoms with Crippen LogP contribution in [-0.2, 0) is 4.74 Å². The van der Waals surface area contributed by atoms with Crippen LogP contribution in [0.1, 0.15) is 0 Å². The maximum atomic E-state index is 12.0. The fraction of sp³-hybridized carbons (Fsp3) is 0.533. The molecular formula is C15H22N2O8. The quantitative estimate of drug-likeness (QED) is 0.317. The molecule has 0 aromatic heterocycles. The van der Waals surface area contributed by atoms with E-state index in [4.69, 9.17) is 14.6 Å². The van der Waals surface area contributed by atoms with Gasteiger partial charge in [-0.05, 0) is 12.1 Å². The molecule has 10 heteroatoms. The van der Waals surface area contributed by atoms with Gasteiger partial charge in [-0.25, -0.2) is 4.79 Å². The van der Waals surface area contributed by atoms with Crippen molar-refractivity contribution in [3.63, 3.8) is 0 Å². The summed E-state index contributed by atoms with van der Waals surface area (Å²) in [5, 5.41) is 53.2. The number of ether oxygens (including phenoxy) is 2. The summed E-state index contributed by atoms with van der Waals surface area (Å²) in [6, 6.07) is 4.42. The molecule has 2 amide bonds. The molecule has 6 atom stereocenters. The van der Waals surface area contributed by atoms with E-state index < -0.39 is 49.4 Å². The smallest absolute Gasteiger partial charge is 0.319 e. The van der Waals surface area contributed by atoms with E-state index in [0.29, 0.717) is 11.4 Å². The van der Waals surface area contributed by atoms with Crippen LogP contribution < -0.4 is 15.4 Å². The van der Waals surface area contributed by atoms with Gasteiger partial charge in [-0.2, -0.15) is 0 Å². The number of anilines is 1. The number of methoxy groups -OCH3 is 1. The lowest BCUT2D eigenvalue weighted by atomic mass is 9.94. The Bertz CT molecular complexity index is 586. The zero-order valence-corrected chi connectivity index (χ0v) is 13.4. The summed E-state index contributed by atoms with van der Waals surface area (Å²) < 4.78 is 10.0. The fourth-order valence-corrected chi connectivity index (χ4v) is 2.50. The lowest BCUT2D eigenvalue weighted by molar-refractivity contribution is -0.267. The number of carbonyl (C=O) groups is 1. The van der Waals surface area contributed by atoms with E-state index in [-0.39, 0.29) is 0 Å². The van der Waals surface area contributed by atoms with Crippen molar-refractivity contribution >= 4 is 11.7 Å². The Balaban J connectivity index is 2.00. The largest absolute Gasteiger partial charge is 0.497 e. The predicted molar refractivity (Wildman–Crippen MR) is 84.9 cm³/mol. The van der Waals surface area contributed by atoms with Gasteiger partial charge in [0, 0.05) is 11.8 Å². The minimum absolute atomic E-state index is 0.409. The SMILES string of the molecule is COc1cccc(NC(=O)N[C@H]2[C@H](O)[C@@H](O)[C@H]([C@H](O)CO)O[C@H]2O)c1. The first-order valence-electron chi connectivity index (χ1n) is 7.57. The fourth-order valence-electron chi connectivity index (χ4n) is 2.50. The van der Waals surface area contributed by atoms with Gasteiger partial charge in [0.2, 0.25) is 0 Å². The van der Waals surface area contributed by atoms with Gasteiger partial charge in [-0.15, -0.1) is 0 Å². The van der Waals surface area contributed by atoms with E-state index in [9.17, 15) is 25.2 Å². The van der Waals surface area contributed by atoms with Crippen LogP contribution in [0.4, 0.5) is 10.5 Å². The van der Waals surface area contributed by atoms with Crippen molar-refractivity contribution in [3.8, 4) is 5.75 Å². The molecule has 1 aliphatic heterocycles. The average molecular weight is 358 g/mol. The van der Waals surface area contributed by atoms with Crippen molar-refractivity contribution in [1.29, 1.82) is 0 Å². The van der Waals surface area contributed by atoms with Gasteiger partial charge in [0.05, 0.1) is 13.7 Å². The summed E-state index contributed by atoms with van der Waals surface area (Å²) in [5.41, 5.74) is 0.409. The molecule has 1 saturated heterocycles. The molecule has 0 spiro atoms. The topological polar surface area (TPSA) is 161 Å². The van der Waals surface area contributed by atoms with Crippen LogP contribution in [0.25, 0.3) is 0 Å². The number of nitrogens with one attached hydrogen (secondary N) is 2. The Morgan fingerprint density at radius 2 is 2.04 bits per heavy atom. The first kappa shape index (κ1) is 19.4. The maximum Gasteiger partial charge on any atom is 0.319 e. The third kappa shape index (κ3) is 4.57. The van der Waals surface area contributed by atoms with Crippen molar-refractivity contribution in [1.82, 2.24) is 5.32 Å². The third-order valence-electron chi connectivity index (χ3n) is 3.85. The van der Waals surface area contributed by atoms with Crippen LogP contribution in [0.2, 0.25) is 0 Å². The predicted octanol–water partition coefficient (Wildman–Crippen LogP) is -2.02. The van der Waals surface area contributed by atoms with Gasteiger partial charge in [-0.1, -0.05) is 6.07 Å². The van der Waals surface area contributed by atoms with Gasteiger partial charge in [0.1, 0.15) is 36.2 Å². The summed E-state index contributed by atoms with van der Waals surface area (Å²) in [7, 11) is 1.48. The highest BCUT2D eigenvalue weighted by Gasteiger charge is 2.46. The van der Waals surface area contributed by atoms with Crippen molar-refractivity contribution in [2.75, 3.05) is 19.0 Å². The number of hydrogen-bond donors (Lipinski definition) is 7. The second-order valence-corrected chi connectivity index (χ2v) is 5.58. The van der Waals surface area contributed by atoms with Crippen LogP contribution in [0.3, 0.4) is 0 Å². The van der Waals surface area contributed by atoms with Crippen LogP contribution in [0.15, 0.2) is 24.3 Å². The summed E-state index contributed by atoms with van der Waals surface area (Å²) in [6.07, 6.45) is -7.82. The highest BCUT2D eigenvalue weighted by Crippen LogP contribution is 2.23. The number of benzene rings is 1. The third-order valence-corrected chi connectivity index (χ3v) is 3.85. The molecule has 1 aromatic rings. The van der Waals surface area contributed by atoms with Gasteiger partial charge >= 0.3 is 6.03 Å². The van der Waals surface area contributed by atoms with Gasteiger partial charge in [0.15, 0.2) is 6.29 Å². The molecular weight excluding hydrogens is 336 g/mol. The monoisotopic (exact) mass is 358 g/mol. The van der Waals surface area contributed by atoms with Crippen LogP contribution in [-0.4, -0.2) is 82.0 Å². The number of hydrogen-bond acceptors (Lipinski definition) is 8. The van der Waals surface area contributed by atoms with E-state index in [0.717, 1.165) is 0 Å².